The van der Waals surface area contributed by atoms with Gasteiger partial charge in [0, 0.05) is 19.3 Å². The van der Waals surface area contributed by atoms with Gasteiger partial charge in [0.25, 0.3) is 0 Å². The number of hydrogen-bond donors (Lipinski definition) is 4. The Morgan fingerprint density at radius 3 is 0.718 bits per heavy atom. The van der Waals surface area contributed by atoms with Crippen molar-refractivity contribution in [3.8, 4) is 0 Å². The highest BCUT2D eigenvalue weighted by atomic mass is 31.2. The molecule has 0 saturated heterocycles. The molecule has 0 bridgehead atoms. The van der Waals surface area contributed by atoms with Crippen LogP contribution in [0.15, 0.2) is 182 Å². The third kappa shape index (κ3) is 91.2. The van der Waals surface area contributed by atoms with E-state index in [0.29, 0.717) is 19.3 Å². The average molecular weight is 1670 g/mol. The second-order valence-corrected chi connectivity index (χ2v) is 33.2. The summed E-state index contributed by atoms with van der Waals surface area (Å²) in [5, 5.41) is 20.7. The molecule has 0 aromatic rings. The van der Waals surface area contributed by atoms with Crippen LogP contribution in [0, 0.1) is 0 Å². The number of carbonyl (C=O) groups excluding carboxylic acids is 3. The number of ether oxygens (including phenoxy) is 3. The van der Waals surface area contributed by atoms with Gasteiger partial charge in [-0.05, 0) is 161 Å². The largest absolute Gasteiger partial charge is 0.472 e. The van der Waals surface area contributed by atoms with Gasteiger partial charge in [-0.15, -0.1) is 0 Å². The van der Waals surface area contributed by atoms with Gasteiger partial charge in [0.2, 0.25) is 0 Å². The molecule has 18 heteroatoms. The van der Waals surface area contributed by atoms with Crippen molar-refractivity contribution in [2.24, 2.45) is 0 Å². The second-order valence-electron chi connectivity index (χ2n) is 30.3. The zero-order chi connectivity index (χ0) is 85.1. The maximum Gasteiger partial charge on any atom is 0.472 e. The van der Waals surface area contributed by atoms with Crippen molar-refractivity contribution in [1.29, 1.82) is 0 Å². The average Bonchev–Trinajstić information content (AvgIpc) is 0.899. The molecule has 4 N–H and O–H groups in total. The molecule has 0 amide bonds. The van der Waals surface area contributed by atoms with Gasteiger partial charge in [-0.25, -0.2) is 9.13 Å². The topological polar surface area (TPSA) is 231 Å². The molecular weight excluding hydrogens is 1510 g/mol. The maximum atomic E-state index is 13.1. The van der Waals surface area contributed by atoms with Crippen LogP contribution in [0.2, 0.25) is 0 Å². The first kappa shape index (κ1) is 112. The number of esters is 3. The van der Waals surface area contributed by atoms with Crippen LogP contribution in [0.5, 0.6) is 0 Å². The number of hydrogen-bond acceptors (Lipinski definition) is 14. The molecule has 117 heavy (non-hydrogen) atoms. The number of phosphoric ester groups is 2. The molecule has 0 radical (unpaired) electrons. The molecule has 0 fully saturated rings. The molecular formula is C99H166O16P2. The summed E-state index contributed by atoms with van der Waals surface area (Å²) in [5.41, 5.74) is 0. The zero-order valence-corrected chi connectivity index (χ0v) is 75.4. The van der Waals surface area contributed by atoms with Crippen molar-refractivity contribution in [1.82, 2.24) is 0 Å². The van der Waals surface area contributed by atoms with Gasteiger partial charge < -0.3 is 34.2 Å². The van der Waals surface area contributed by atoms with Crippen molar-refractivity contribution < 1.29 is 75.8 Å². The zero-order valence-electron chi connectivity index (χ0n) is 73.6. The van der Waals surface area contributed by atoms with Crippen LogP contribution in [0.3, 0.4) is 0 Å². The van der Waals surface area contributed by atoms with E-state index < -0.39 is 91.5 Å². The van der Waals surface area contributed by atoms with E-state index in [1.54, 1.807) is 0 Å². The van der Waals surface area contributed by atoms with Gasteiger partial charge in [0.1, 0.15) is 25.4 Å². The van der Waals surface area contributed by atoms with Gasteiger partial charge in [-0.1, -0.05) is 370 Å². The number of phosphoric acid groups is 2. The van der Waals surface area contributed by atoms with Gasteiger partial charge in [0.15, 0.2) is 6.10 Å². The minimum absolute atomic E-state index is 0.0803. The van der Waals surface area contributed by atoms with Crippen LogP contribution in [-0.2, 0) is 55.8 Å². The normalized spacial score (nSPS) is 14.6. The summed E-state index contributed by atoms with van der Waals surface area (Å²) in [6.07, 6.45) is 118. The first-order valence-electron chi connectivity index (χ1n) is 46.1. The number of aliphatic hydroxyl groups excluding tert-OH is 2. The molecule has 16 nitrogen and oxygen atoms in total. The molecule has 668 valence electrons. The summed E-state index contributed by atoms with van der Waals surface area (Å²) in [6.45, 7) is 2.41. The Morgan fingerprint density at radius 1 is 0.248 bits per heavy atom. The van der Waals surface area contributed by atoms with Crippen LogP contribution in [0.4, 0.5) is 0 Å². The minimum Gasteiger partial charge on any atom is -0.463 e. The van der Waals surface area contributed by atoms with E-state index in [-0.39, 0.29) is 19.3 Å². The van der Waals surface area contributed by atoms with Crippen molar-refractivity contribution in [2.45, 2.75) is 386 Å². The lowest BCUT2D eigenvalue weighted by Crippen LogP contribution is -2.30. The highest BCUT2D eigenvalue weighted by Crippen LogP contribution is 2.45. The molecule has 0 heterocycles. The van der Waals surface area contributed by atoms with Gasteiger partial charge in [-0.3, -0.25) is 32.5 Å². The standard InChI is InChI=1S/C99H166O16P2/c1-4-7-10-13-16-19-22-25-28-31-34-37-40-41-42-43-44-45-46-47-48-49-50-51-54-56-58-61-64-67-70-73-76-79-82-85-97(102)109-88-94(100)89-111-116(105,106)112-90-95(101)91-113-117(107,108)114-93-96(115-99(104)87-84-81-78-75-72-69-66-63-60-57-53-39-36-33-30-27-24-21-18-15-12-9-6-3)92-110-98(103)86-83-80-77-74-71-68-65-62-59-55-52-38-35-32-29-26-23-20-17-14-11-8-5-2/h7-8,10-11,16-21,25-30,34-39,41-42,55,57,59-60,65,68,94-96,100-101H,4-6,9,12-15,22-24,31-33,40,43-54,56,58,61-64,66-67,69-93H2,1-3H3,(H,105,106)(H,107,108)/b10-7-,11-8-,19-16-,20-17-,21-18-,28-25-,29-26-,30-27-,37-34-,38-35-,39-36-,42-41-,59-55-,60-57-,68-65-. The van der Waals surface area contributed by atoms with Gasteiger partial charge in [0.05, 0.1) is 26.4 Å². The molecule has 0 aliphatic carbocycles. The molecule has 0 aliphatic rings. The van der Waals surface area contributed by atoms with Crippen molar-refractivity contribution >= 4 is 33.6 Å². The van der Waals surface area contributed by atoms with Crippen LogP contribution in [-0.4, -0.2) is 95.9 Å². The fraction of sp³-hybridized carbons (Fsp3) is 0.667. The number of aliphatic hydroxyl groups is 2. The van der Waals surface area contributed by atoms with Crippen molar-refractivity contribution in [3.63, 3.8) is 0 Å². The fourth-order valence-corrected chi connectivity index (χ4v) is 13.8. The first-order valence-corrected chi connectivity index (χ1v) is 49.1. The Labute approximate surface area is 713 Å². The molecule has 0 rings (SSSR count). The number of rotatable bonds is 86. The molecule has 0 aromatic carbocycles. The number of unbranched alkanes of at least 4 members (excludes halogenated alkanes) is 33. The van der Waals surface area contributed by atoms with Crippen LogP contribution in [0.1, 0.15) is 367 Å². The van der Waals surface area contributed by atoms with Gasteiger partial charge in [-0.2, -0.15) is 0 Å². The van der Waals surface area contributed by atoms with E-state index in [2.05, 4.69) is 203 Å². The lowest BCUT2D eigenvalue weighted by Gasteiger charge is -2.21. The van der Waals surface area contributed by atoms with E-state index in [9.17, 15) is 43.5 Å². The predicted octanol–water partition coefficient (Wildman–Crippen LogP) is 28.4. The summed E-state index contributed by atoms with van der Waals surface area (Å²) in [5.74, 6) is -1.61. The second kappa shape index (κ2) is 89.9. The molecule has 0 saturated carbocycles. The monoisotopic (exact) mass is 1670 g/mol. The van der Waals surface area contributed by atoms with Gasteiger partial charge >= 0.3 is 33.6 Å². The van der Waals surface area contributed by atoms with E-state index in [4.69, 9.17) is 32.3 Å². The first-order chi connectivity index (χ1) is 57.2. The molecule has 0 aromatic heterocycles. The van der Waals surface area contributed by atoms with E-state index in [1.807, 2.05) is 0 Å². The summed E-state index contributed by atoms with van der Waals surface area (Å²) in [7, 11) is -9.83. The van der Waals surface area contributed by atoms with E-state index in [0.717, 1.165) is 180 Å². The smallest absolute Gasteiger partial charge is 0.463 e. The summed E-state index contributed by atoms with van der Waals surface area (Å²) < 4.78 is 61.4. The van der Waals surface area contributed by atoms with Crippen LogP contribution < -0.4 is 0 Å². The summed E-state index contributed by atoms with van der Waals surface area (Å²) >= 11 is 0. The highest BCUT2D eigenvalue weighted by Gasteiger charge is 2.29. The Bertz CT molecular complexity index is 2860. The van der Waals surface area contributed by atoms with Crippen molar-refractivity contribution in [2.75, 3.05) is 39.6 Å². The predicted molar refractivity (Wildman–Crippen MR) is 491 cm³/mol. The number of allylic oxidation sites excluding steroid dienone is 30. The van der Waals surface area contributed by atoms with E-state index >= 15 is 0 Å². The number of carbonyl (C=O) groups is 3. The van der Waals surface area contributed by atoms with E-state index in [1.165, 1.54) is 128 Å². The molecule has 5 atom stereocenters. The third-order valence-electron chi connectivity index (χ3n) is 19.1. The third-order valence-corrected chi connectivity index (χ3v) is 21.0. The summed E-state index contributed by atoms with van der Waals surface area (Å²) in [4.78, 5) is 59.0. The highest BCUT2D eigenvalue weighted by molar-refractivity contribution is 7.47. The van der Waals surface area contributed by atoms with Crippen LogP contribution in [0.25, 0.3) is 0 Å². The van der Waals surface area contributed by atoms with Crippen molar-refractivity contribution in [3.05, 3.63) is 182 Å². The lowest BCUT2D eigenvalue weighted by atomic mass is 10.0. The fourth-order valence-electron chi connectivity index (χ4n) is 12.2. The Hall–Kier alpha value is -5.35. The minimum atomic E-state index is -4.95. The Morgan fingerprint density at radius 2 is 0.453 bits per heavy atom. The molecule has 0 spiro atoms. The Kier molecular flexibility index (Phi) is 85.8. The quantitative estimate of drug-likeness (QED) is 0.0146. The Balaban J connectivity index is 4.57. The maximum absolute atomic E-state index is 13.1. The molecule has 0 aliphatic heterocycles. The SMILES string of the molecule is CC/C=C\C/C=C\C/C=C\C/C=C\C/C=C\C/C=C\CCCCCCC(=O)OCC(COP(=O)(O)OCC(O)COP(=O)(O)OCC(O)COC(=O)CCCCCCCCCCCCCCCCCCCCC/C=C\C/C=C\C/C=C\C/C=C\C/C=C\CC)OC(=O)CCCCCCCCC/C=C\C/C=C\C/C=C\C/C=C\CCCCC. The van der Waals surface area contributed by atoms with Crippen LogP contribution >= 0.6 is 15.6 Å². The molecule has 5 unspecified atom stereocenters. The summed E-state index contributed by atoms with van der Waals surface area (Å²) in [6, 6.07) is 0. The lowest BCUT2D eigenvalue weighted by molar-refractivity contribution is -0.161.